The number of hydrogen-bond donors (Lipinski definition) is 1. The summed E-state index contributed by atoms with van der Waals surface area (Å²) in [5.41, 5.74) is 2.75. The maximum atomic E-state index is 12.8. The second-order valence-corrected chi connectivity index (χ2v) is 7.09. The van der Waals surface area contributed by atoms with Crippen molar-refractivity contribution in [1.29, 1.82) is 0 Å². The Labute approximate surface area is 151 Å². The molecule has 0 spiro atoms. The summed E-state index contributed by atoms with van der Waals surface area (Å²) in [4.78, 5) is 23.1. The van der Waals surface area contributed by atoms with E-state index in [0.29, 0.717) is 10.6 Å². The molecule has 4 nitrogen and oxygen atoms in total. The Morgan fingerprint density at radius 1 is 1.24 bits per heavy atom. The maximum Gasteiger partial charge on any atom is 0.167 e. The fraction of sp³-hybridized carbons (Fsp3) is 0.300. The van der Waals surface area contributed by atoms with Crippen molar-refractivity contribution in [3.63, 3.8) is 0 Å². The van der Waals surface area contributed by atoms with Crippen LogP contribution in [0.5, 0.6) is 0 Å². The fourth-order valence-corrected chi connectivity index (χ4v) is 3.77. The molecule has 4 rings (SSSR count). The van der Waals surface area contributed by atoms with Crippen LogP contribution in [0.4, 0.5) is 0 Å². The van der Waals surface area contributed by atoms with Crippen LogP contribution in [0.1, 0.15) is 29.0 Å². The first-order valence-electron chi connectivity index (χ1n) is 8.65. The van der Waals surface area contributed by atoms with E-state index < -0.39 is 0 Å². The SMILES string of the molecule is O=C(c1cccc(Cl)c1)C1CCCN(Cc2nc3ccccc3[nH]2)C1. The van der Waals surface area contributed by atoms with E-state index in [2.05, 4.69) is 14.9 Å². The van der Waals surface area contributed by atoms with E-state index in [0.717, 1.165) is 49.3 Å². The second kappa shape index (κ2) is 6.98. The van der Waals surface area contributed by atoms with Gasteiger partial charge in [0.1, 0.15) is 5.82 Å². The predicted octanol–water partition coefficient (Wildman–Crippen LogP) is 4.31. The number of carbonyl (C=O) groups is 1. The van der Waals surface area contributed by atoms with E-state index in [1.165, 1.54) is 0 Å². The first-order chi connectivity index (χ1) is 12.2. The number of aromatic nitrogens is 2. The summed E-state index contributed by atoms with van der Waals surface area (Å²) in [7, 11) is 0. The number of H-pyrrole nitrogens is 1. The molecule has 1 aromatic heterocycles. The number of hydrogen-bond acceptors (Lipinski definition) is 3. The lowest BCUT2D eigenvalue weighted by molar-refractivity contribution is 0.0809. The van der Waals surface area contributed by atoms with Gasteiger partial charge >= 0.3 is 0 Å². The van der Waals surface area contributed by atoms with Gasteiger partial charge in [0.05, 0.1) is 17.6 Å². The van der Waals surface area contributed by atoms with Gasteiger partial charge in [-0.05, 0) is 43.7 Å². The van der Waals surface area contributed by atoms with Crippen LogP contribution in [0.3, 0.4) is 0 Å². The average Bonchev–Trinajstić information content (AvgIpc) is 3.03. The van der Waals surface area contributed by atoms with Crippen molar-refractivity contribution in [1.82, 2.24) is 14.9 Å². The van der Waals surface area contributed by atoms with E-state index in [1.54, 1.807) is 12.1 Å². The highest BCUT2D eigenvalue weighted by molar-refractivity contribution is 6.31. The van der Waals surface area contributed by atoms with Crippen molar-refractivity contribution in [2.75, 3.05) is 13.1 Å². The second-order valence-electron chi connectivity index (χ2n) is 6.65. The minimum absolute atomic E-state index is 0.0246. The monoisotopic (exact) mass is 353 g/mol. The number of ketones is 1. The van der Waals surface area contributed by atoms with Crippen molar-refractivity contribution >= 4 is 28.4 Å². The molecule has 0 radical (unpaired) electrons. The van der Waals surface area contributed by atoms with Crippen LogP contribution in [-0.4, -0.2) is 33.7 Å². The first-order valence-corrected chi connectivity index (χ1v) is 9.02. The van der Waals surface area contributed by atoms with Crippen LogP contribution in [0.15, 0.2) is 48.5 Å². The topological polar surface area (TPSA) is 49.0 Å². The van der Waals surface area contributed by atoms with Gasteiger partial charge in [0.2, 0.25) is 0 Å². The molecule has 128 valence electrons. The number of halogens is 1. The molecule has 1 N–H and O–H groups in total. The summed E-state index contributed by atoms with van der Waals surface area (Å²) < 4.78 is 0. The molecular weight excluding hydrogens is 334 g/mol. The molecule has 5 heteroatoms. The molecule has 0 saturated carbocycles. The quantitative estimate of drug-likeness (QED) is 0.711. The Bertz CT molecular complexity index is 872. The van der Waals surface area contributed by atoms with E-state index in [-0.39, 0.29) is 11.7 Å². The molecule has 2 aromatic carbocycles. The number of para-hydroxylation sites is 2. The van der Waals surface area contributed by atoms with E-state index in [1.807, 2.05) is 36.4 Å². The number of fused-ring (bicyclic) bond motifs is 1. The number of benzene rings is 2. The zero-order valence-corrected chi connectivity index (χ0v) is 14.7. The molecule has 1 saturated heterocycles. The Hall–Kier alpha value is -2.17. The van der Waals surface area contributed by atoms with Gasteiger partial charge in [-0.3, -0.25) is 9.69 Å². The van der Waals surface area contributed by atoms with Gasteiger partial charge in [-0.2, -0.15) is 0 Å². The van der Waals surface area contributed by atoms with Crippen LogP contribution in [0.2, 0.25) is 5.02 Å². The van der Waals surface area contributed by atoms with Gasteiger partial charge in [0.15, 0.2) is 5.78 Å². The van der Waals surface area contributed by atoms with Gasteiger partial charge in [0.25, 0.3) is 0 Å². The molecule has 1 aliphatic rings. The molecule has 1 aliphatic heterocycles. The summed E-state index contributed by atoms with van der Waals surface area (Å²) in [6, 6.07) is 15.3. The van der Waals surface area contributed by atoms with Gasteiger partial charge in [0, 0.05) is 23.0 Å². The minimum atomic E-state index is 0.0246. The number of nitrogens with zero attached hydrogens (tertiary/aromatic N) is 2. The third-order valence-corrected chi connectivity index (χ3v) is 5.03. The van der Waals surface area contributed by atoms with E-state index >= 15 is 0 Å². The number of imidazole rings is 1. The molecule has 0 bridgehead atoms. The number of nitrogens with one attached hydrogen (secondary N) is 1. The van der Waals surface area contributed by atoms with Crippen LogP contribution < -0.4 is 0 Å². The fourth-order valence-electron chi connectivity index (χ4n) is 3.58. The third-order valence-electron chi connectivity index (χ3n) is 4.80. The summed E-state index contributed by atoms with van der Waals surface area (Å²) in [6.45, 7) is 2.51. The van der Waals surface area contributed by atoms with Gasteiger partial charge in [-0.15, -0.1) is 0 Å². The number of rotatable bonds is 4. The first kappa shape index (κ1) is 16.3. The van der Waals surface area contributed by atoms with Crippen LogP contribution in [-0.2, 0) is 6.54 Å². The highest BCUT2D eigenvalue weighted by Crippen LogP contribution is 2.23. The van der Waals surface area contributed by atoms with Crippen molar-refractivity contribution in [2.24, 2.45) is 5.92 Å². The standard InChI is InChI=1S/C20H20ClN3O/c21-16-7-3-5-14(11-16)20(25)15-6-4-10-24(12-15)13-19-22-17-8-1-2-9-18(17)23-19/h1-3,5,7-9,11,15H,4,6,10,12-13H2,(H,22,23). The van der Waals surface area contributed by atoms with Gasteiger partial charge in [-0.1, -0.05) is 35.9 Å². The molecule has 1 fully saturated rings. The lowest BCUT2D eigenvalue weighted by Gasteiger charge is -2.31. The highest BCUT2D eigenvalue weighted by atomic mass is 35.5. The lowest BCUT2D eigenvalue weighted by Crippen LogP contribution is -2.38. The molecule has 1 unspecified atom stereocenters. The Morgan fingerprint density at radius 2 is 2.12 bits per heavy atom. The van der Waals surface area contributed by atoms with E-state index in [9.17, 15) is 4.79 Å². The van der Waals surface area contributed by atoms with E-state index in [4.69, 9.17) is 11.6 Å². The summed E-state index contributed by atoms with van der Waals surface area (Å²) in [5, 5.41) is 0.612. The number of Topliss-reactive ketones (excluding diaryl/α,β-unsaturated/α-hetero) is 1. The van der Waals surface area contributed by atoms with Crippen LogP contribution in [0, 0.1) is 5.92 Å². The van der Waals surface area contributed by atoms with Gasteiger partial charge < -0.3 is 4.98 Å². The Kier molecular flexibility index (Phi) is 4.55. The lowest BCUT2D eigenvalue weighted by atomic mass is 9.90. The van der Waals surface area contributed by atoms with Gasteiger partial charge in [-0.25, -0.2) is 4.98 Å². The highest BCUT2D eigenvalue weighted by Gasteiger charge is 2.27. The minimum Gasteiger partial charge on any atom is -0.341 e. The molecule has 3 aromatic rings. The normalized spacial score (nSPS) is 18.5. The van der Waals surface area contributed by atoms with Crippen LogP contribution >= 0.6 is 11.6 Å². The van der Waals surface area contributed by atoms with Crippen LogP contribution in [0.25, 0.3) is 11.0 Å². The summed E-state index contributed by atoms with van der Waals surface area (Å²) in [6.07, 6.45) is 1.96. The molecule has 0 aliphatic carbocycles. The number of likely N-dealkylation sites (tertiary alicyclic amines) is 1. The van der Waals surface area contributed by atoms with Crippen molar-refractivity contribution < 1.29 is 4.79 Å². The number of piperidine rings is 1. The summed E-state index contributed by atoms with van der Waals surface area (Å²) >= 11 is 6.03. The zero-order chi connectivity index (χ0) is 17.2. The summed E-state index contributed by atoms with van der Waals surface area (Å²) in [5.74, 6) is 1.17. The third kappa shape index (κ3) is 3.60. The maximum absolute atomic E-state index is 12.8. The van der Waals surface area contributed by atoms with Crippen molar-refractivity contribution in [3.8, 4) is 0 Å². The molecule has 1 atom stereocenters. The molecule has 2 heterocycles. The predicted molar refractivity (Wildman–Crippen MR) is 99.9 cm³/mol. The average molecular weight is 354 g/mol. The van der Waals surface area contributed by atoms with Crippen molar-refractivity contribution in [2.45, 2.75) is 19.4 Å². The Morgan fingerprint density at radius 3 is 2.96 bits per heavy atom. The number of carbonyl (C=O) groups excluding carboxylic acids is 1. The Balaban J connectivity index is 1.46. The molecule has 0 amide bonds. The molecular formula is C20H20ClN3O. The van der Waals surface area contributed by atoms with Crippen molar-refractivity contribution in [3.05, 3.63) is 64.9 Å². The zero-order valence-electron chi connectivity index (χ0n) is 13.9. The smallest absolute Gasteiger partial charge is 0.167 e. The molecule has 25 heavy (non-hydrogen) atoms. The number of aromatic amines is 1. The largest absolute Gasteiger partial charge is 0.341 e.